The van der Waals surface area contributed by atoms with Crippen LogP contribution in [0.2, 0.25) is 0 Å². The Labute approximate surface area is 156 Å². The lowest BCUT2D eigenvalue weighted by molar-refractivity contribution is -0.124. The molecule has 1 fully saturated rings. The molecule has 1 N–H and O–H groups in total. The third-order valence-electron chi connectivity index (χ3n) is 4.94. The zero-order valence-electron chi connectivity index (χ0n) is 16.7. The quantitative estimate of drug-likeness (QED) is 0.911. The van der Waals surface area contributed by atoms with Crippen LogP contribution in [0, 0.1) is 13.8 Å². The highest BCUT2D eigenvalue weighted by Crippen LogP contribution is 2.19. The number of amides is 1. The van der Waals surface area contributed by atoms with Gasteiger partial charge in [-0.2, -0.15) is 0 Å². The van der Waals surface area contributed by atoms with Crippen molar-refractivity contribution in [2.24, 2.45) is 0 Å². The van der Waals surface area contributed by atoms with Gasteiger partial charge in [0.15, 0.2) is 0 Å². The number of aryl methyl sites for hydroxylation is 2. The Balaban J connectivity index is 1.55. The van der Waals surface area contributed by atoms with E-state index < -0.39 is 0 Å². The summed E-state index contributed by atoms with van der Waals surface area (Å²) >= 11 is 0. The van der Waals surface area contributed by atoms with Gasteiger partial charge in [0, 0.05) is 31.7 Å². The van der Waals surface area contributed by atoms with Crippen LogP contribution in [-0.2, 0) is 11.5 Å². The normalized spacial score (nSPS) is 17.0. The molecule has 2 aromatic rings. The van der Waals surface area contributed by atoms with Gasteiger partial charge in [-0.25, -0.2) is 4.98 Å². The average Bonchev–Trinajstić information content (AvgIpc) is 2.90. The molecule has 0 aliphatic carbocycles. The average molecular weight is 358 g/mol. The first-order chi connectivity index (χ1) is 12.2. The number of nitrogens with zero attached hydrogens (tertiary/aromatic N) is 4. The predicted molar refractivity (Wildman–Crippen MR) is 105 cm³/mol. The van der Waals surface area contributed by atoms with Gasteiger partial charge in [0.25, 0.3) is 0 Å². The van der Waals surface area contributed by atoms with Gasteiger partial charge in [-0.05, 0) is 57.9 Å². The molecule has 0 unspecified atom stereocenters. The van der Waals surface area contributed by atoms with E-state index in [-0.39, 0.29) is 11.4 Å². The van der Waals surface area contributed by atoms with Crippen LogP contribution >= 0.6 is 0 Å². The SMILES string of the molecule is Cc1cc2ncn(CN3CCN(CC(=O)NC(C)(C)C)CC3)c2cc1C. The summed E-state index contributed by atoms with van der Waals surface area (Å²) in [5, 5.41) is 3.04. The maximum absolute atomic E-state index is 12.1. The summed E-state index contributed by atoms with van der Waals surface area (Å²) in [4.78, 5) is 21.3. The summed E-state index contributed by atoms with van der Waals surface area (Å²) in [6.07, 6.45) is 1.94. The minimum absolute atomic E-state index is 0.109. The van der Waals surface area contributed by atoms with Crippen LogP contribution in [0.1, 0.15) is 31.9 Å². The highest BCUT2D eigenvalue weighted by Gasteiger charge is 2.21. The lowest BCUT2D eigenvalue weighted by Crippen LogP contribution is -2.51. The van der Waals surface area contributed by atoms with E-state index in [4.69, 9.17) is 0 Å². The molecular weight excluding hydrogens is 326 g/mol. The first-order valence-corrected chi connectivity index (χ1v) is 9.39. The van der Waals surface area contributed by atoms with E-state index in [1.165, 1.54) is 16.6 Å². The fourth-order valence-corrected chi connectivity index (χ4v) is 3.39. The number of carbonyl (C=O) groups is 1. The molecule has 0 bridgehead atoms. The second-order valence-electron chi connectivity index (χ2n) is 8.47. The van der Waals surface area contributed by atoms with Crippen molar-refractivity contribution < 1.29 is 4.79 Å². The number of carbonyl (C=O) groups excluding carboxylic acids is 1. The number of hydrogen-bond acceptors (Lipinski definition) is 4. The lowest BCUT2D eigenvalue weighted by Gasteiger charge is -2.35. The molecule has 1 saturated heterocycles. The molecule has 26 heavy (non-hydrogen) atoms. The van der Waals surface area contributed by atoms with Gasteiger partial charge in [0.05, 0.1) is 30.6 Å². The number of rotatable bonds is 4. The summed E-state index contributed by atoms with van der Waals surface area (Å²) in [6.45, 7) is 15.4. The van der Waals surface area contributed by atoms with E-state index in [1.54, 1.807) is 0 Å². The van der Waals surface area contributed by atoms with E-state index >= 15 is 0 Å². The smallest absolute Gasteiger partial charge is 0.234 e. The Hall–Kier alpha value is -1.92. The van der Waals surface area contributed by atoms with Gasteiger partial charge in [-0.15, -0.1) is 0 Å². The van der Waals surface area contributed by atoms with Gasteiger partial charge in [-0.1, -0.05) is 0 Å². The molecule has 6 nitrogen and oxygen atoms in total. The largest absolute Gasteiger partial charge is 0.350 e. The van der Waals surface area contributed by atoms with Gasteiger partial charge in [-0.3, -0.25) is 14.6 Å². The van der Waals surface area contributed by atoms with Crippen LogP contribution in [0.25, 0.3) is 11.0 Å². The van der Waals surface area contributed by atoms with Crippen LogP contribution in [0.5, 0.6) is 0 Å². The highest BCUT2D eigenvalue weighted by molar-refractivity contribution is 5.78. The van der Waals surface area contributed by atoms with Crippen molar-refractivity contribution in [1.29, 1.82) is 0 Å². The van der Waals surface area contributed by atoms with Crippen molar-refractivity contribution in [1.82, 2.24) is 24.7 Å². The molecule has 1 aliphatic heterocycles. The summed E-state index contributed by atoms with van der Waals surface area (Å²) in [5.74, 6) is 0.109. The summed E-state index contributed by atoms with van der Waals surface area (Å²) in [6, 6.07) is 4.39. The highest BCUT2D eigenvalue weighted by atomic mass is 16.2. The topological polar surface area (TPSA) is 53.4 Å². The molecular formula is C20H31N5O. The number of aromatic nitrogens is 2. The second kappa shape index (κ2) is 7.37. The van der Waals surface area contributed by atoms with Crippen molar-refractivity contribution in [3.8, 4) is 0 Å². The number of piperazine rings is 1. The van der Waals surface area contributed by atoms with Gasteiger partial charge in [0.2, 0.25) is 5.91 Å². The predicted octanol–water partition coefficient (Wildman–Crippen LogP) is 2.14. The number of nitrogens with one attached hydrogen (secondary N) is 1. The van der Waals surface area contributed by atoms with Crippen molar-refractivity contribution in [2.45, 2.75) is 46.8 Å². The molecule has 0 saturated carbocycles. The molecule has 6 heteroatoms. The van der Waals surface area contributed by atoms with Crippen molar-refractivity contribution in [2.75, 3.05) is 32.7 Å². The van der Waals surface area contributed by atoms with Gasteiger partial charge >= 0.3 is 0 Å². The zero-order chi connectivity index (χ0) is 18.9. The summed E-state index contributed by atoms with van der Waals surface area (Å²) in [7, 11) is 0. The van der Waals surface area contributed by atoms with E-state index in [1.807, 2.05) is 27.1 Å². The Bertz CT molecular complexity index is 781. The lowest BCUT2D eigenvalue weighted by atomic mass is 10.1. The van der Waals surface area contributed by atoms with Crippen LogP contribution in [0.3, 0.4) is 0 Å². The second-order valence-corrected chi connectivity index (χ2v) is 8.47. The molecule has 1 amide bonds. The first kappa shape index (κ1) is 18.9. The van der Waals surface area contributed by atoms with Crippen molar-refractivity contribution >= 4 is 16.9 Å². The molecule has 0 radical (unpaired) electrons. The summed E-state index contributed by atoms with van der Waals surface area (Å²) in [5.41, 5.74) is 4.67. The third kappa shape index (κ3) is 4.62. The molecule has 0 atom stereocenters. The van der Waals surface area contributed by atoms with Crippen LogP contribution in [0.15, 0.2) is 18.5 Å². The first-order valence-electron chi connectivity index (χ1n) is 9.39. The zero-order valence-corrected chi connectivity index (χ0v) is 16.7. The Morgan fingerprint density at radius 3 is 2.35 bits per heavy atom. The Morgan fingerprint density at radius 2 is 1.69 bits per heavy atom. The molecule has 2 heterocycles. The van der Waals surface area contributed by atoms with Gasteiger partial charge in [0.1, 0.15) is 0 Å². The number of imidazole rings is 1. The summed E-state index contributed by atoms with van der Waals surface area (Å²) < 4.78 is 2.23. The number of fused-ring (bicyclic) bond motifs is 1. The minimum atomic E-state index is -0.169. The van der Waals surface area contributed by atoms with Crippen LogP contribution in [0.4, 0.5) is 0 Å². The maximum atomic E-state index is 12.1. The molecule has 1 aromatic carbocycles. The van der Waals surface area contributed by atoms with E-state index in [0.29, 0.717) is 6.54 Å². The molecule has 1 aromatic heterocycles. The third-order valence-corrected chi connectivity index (χ3v) is 4.94. The van der Waals surface area contributed by atoms with Crippen LogP contribution < -0.4 is 5.32 Å². The molecule has 3 rings (SSSR count). The van der Waals surface area contributed by atoms with E-state index in [0.717, 1.165) is 38.4 Å². The fourth-order valence-electron chi connectivity index (χ4n) is 3.39. The standard InChI is InChI=1S/C20H31N5O/c1-15-10-17-18(11-16(15)2)25(13-21-17)14-24-8-6-23(7-9-24)12-19(26)22-20(3,4)5/h10-11,13H,6-9,12,14H2,1-5H3,(H,22,26). The Morgan fingerprint density at radius 1 is 1.08 bits per heavy atom. The molecule has 0 spiro atoms. The van der Waals surface area contributed by atoms with Gasteiger partial charge < -0.3 is 9.88 Å². The monoisotopic (exact) mass is 357 g/mol. The van der Waals surface area contributed by atoms with E-state index in [9.17, 15) is 4.79 Å². The van der Waals surface area contributed by atoms with Crippen molar-refractivity contribution in [3.05, 3.63) is 29.6 Å². The molecule has 1 aliphatic rings. The van der Waals surface area contributed by atoms with Crippen LogP contribution in [-0.4, -0.2) is 63.5 Å². The Kier molecular flexibility index (Phi) is 5.34. The number of benzene rings is 1. The minimum Gasteiger partial charge on any atom is -0.350 e. The number of hydrogen-bond donors (Lipinski definition) is 1. The van der Waals surface area contributed by atoms with E-state index in [2.05, 4.69) is 50.6 Å². The van der Waals surface area contributed by atoms with Crippen molar-refractivity contribution in [3.63, 3.8) is 0 Å². The maximum Gasteiger partial charge on any atom is 0.234 e. The fraction of sp³-hybridized carbons (Fsp3) is 0.600. The molecule has 142 valence electrons.